The van der Waals surface area contributed by atoms with Gasteiger partial charge in [-0.15, -0.1) is 0 Å². The first-order valence-electron chi connectivity index (χ1n) is 3.29. The lowest BCUT2D eigenvalue weighted by Gasteiger charge is -2.08. The van der Waals surface area contributed by atoms with E-state index < -0.39 is 6.10 Å². The molecule has 0 radical (unpaired) electrons. The molecular formula is C7H13ClO2. The molecule has 0 aromatic heterocycles. The molecule has 0 fully saturated rings. The average molecular weight is 165 g/mol. The van der Waals surface area contributed by atoms with Crippen molar-refractivity contribution in [2.75, 3.05) is 6.61 Å². The van der Waals surface area contributed by atoms with E-state index in [0.29, 0.717) is 17.0 Å². The molecule has 0 spiro atoms. The summed E-state index contributed by atoms with van der Waals surface area (Å²) < 4.78 is 0. The first-order valence-corrected chi connectivity index (χ1v) is 3.67. The number of aliphatic hydroxyl groups is 2. The Kier molecular flexibility index (Phi) is 4.69. The molecule has 0 aliphatic heterocycles. The Morgan fingerprint density at radius 2 is 2.10 bits per heavy atom. The minimum Gasteiger partial charge on any atom is -0.392 e. The van der Waals surface area contributed by atoms with E-state index in [1.165, 1.54) is 0 Å². The van der Waals surface area contributed by atoms with Crippen LogP contribution in [0.15, 0.2) is 10.6 Å². The van der Waals surface area contributed by atoms with Crippen molar-refractivity contribution < 1.29 is 10.2 Å². The highest BCUT2D eigenvalue weighted by atomic mass is 35.5. The molecular weight excluding hydrogens is 152 g/mol. The Morgan fingerprint density at radius 1 is 1.60 bits per heavy atom. The second kappa shape index (κ2) is 4.72. The molecule has 0 bridgehead atoms. The van der Waals surface area contributed by atoms with E-state index >= 15 is 0 Å². The topological polar surface area (TPSA) is 40.5 Å². The molecule has 10 heavy (non-hydrogen) atoms. The number of rotatable bonds is 3. The molecule has 2 nitrogen and oxygen atoms in total. The normalized spacial score (nSPS) is 16.5. The van der Waals surface area contributed by atoms with Crippen LogP contribution in [0.2, 0.25) is 0 Å². The molecule has 60 valence electrons. The highest BCUT2D eigenvalue weighted by Gasteiger charge is 2.07. The van der Waals surface area contributed by atoms with Crippen LogP contribution in [-0.2, 0) is 0 Å². The Bertz CT molecular complexity index is 130. The SMILES string of the molecule is CC/C(Cl)=C(/CO)[C@@H](C)O. The highest BCUT2D eigenvalue weighted by molar-refractivity contribution is 6.30. The zero-order valence-corrected chi connectivity index (χ0v) is 7.02. The summed E-state index contributed by atoms with van der Waals surface area (Å²) >= 11 is 5.69. The summed E-state index contributed by atoms with van der Waals surface area (Å²) in [6, 6.07) is 0. The van der Waals surface area contributed by atoms with Crippen LogP contribution < -0.4 is 0 Å². The summed E-state index contributed by atoms with van der Waals surface area (Å²) in [6.45, 7) is 3.30. The molecule has 3 heteroatoms. The van der Waals surface area contributed by atoms with Crippen molar-refractivity contribution in [3.8, 4) is 0 Å². The van der Waals surface area contributed by atoms with Gasteiger partial charge in [-0.2, -0.15) is 0 Å². The molecule has 0 aromatic rings. The average Bonchev–Trinajstić information content (AvgIpc) is 1.88. The Hall–Kier alpha value is -0.0500. The van der Waals surface area contributed by atoms with E-state index in [2.05, 4.69) is 0 Å². The standard InChI is InChI=1S/C7H13ClO2/c1-3-7(8)6(4-9)5(2)10/h5,9-10H,3-4H2,1-2H3/b7-6+/t5-/m1/s1. The molecule has 0 unspecified atom stereocenters. The van der Waals surface area contributed by atoms with Crippen molar-refractivity contribution in [2.45, 2.75) is 26.4 Å². The zero-order valence-electron chi connectivity index (χ0n) is 6.26. The molecule has 0 amide bonds. The van der Waals surface area contributed by atoms with E-state index in [9.17, 15) is 0 Å². The van der Waals surface area contributed by atoms with Crippen LogP contribution in [0.1, 0.15) is 20.3 Å². The molecule has 2 N–H and O–H groups in total. The third-order valence-corrected chi connectivity index (χ3v) is 1.84. The zero-order chi connectivity index (χ0) is 8.15. The molecule has 0 aliphatic rings. The lowest BCUT2D eigenvalue weighted by molar-refractivity contribution is 0.203. The quantitative estimate of drug-likeness (QED) is 0.660. The summed E-state index contributed by atoms with van der Waals surface area (Å²) in [4.78, 5) is 0. The van der Waals surface area contributed by atoms with Gasteiger partial charge in [0.25, 0.3) is 0 Å². The fraction of sp³-hybridized carbons (Fsp3) is 0.714. The summed E-state index contributed by atoms with van der Waals surface area (Å²) in [5.41, 5.74) is 0.518. The first-order chi connectivity index (χ1) is 4.63. The third-order valence-electron chi connectivity index (χ3n) is 1.33. The third kappa shape index (κ3) is 2.69. The highest BCUT2D eigenvalue weighted by Crippen LogP contribution is 2.15. The van der Waals surface area contributed by atoms with E-state index in [4.69, 9.17) is 21.8 Å². The lowest BCUT2D eigenvalue weighted by atomic mass is 10.1. The van der Waals surface area contributed by atoms with Gasteiger partial charge in [-0.05, 0) is 18.9 Å². The van der Waals surface area contributed by atoms with Gasteiger partial charge in [0.2, 0.25) is 0 Å². The number of hydrogen-bond donors (Lipinski definition) is 2. The van der Waals surface area contributed by atoms with Crippen molar-refractivity contribution in [1.29, 1.82) is 0 Å². The summed E-state index contributed by atoms with van der Waals surface area (Å²) in [5.74, 6) is 0. The second-order valence-electron chi connectivity index (χ2n) is 2.12. The van der Waals surface area contributed by atoms with Crippen molar-refractivity contribution in [2.24, 2.45) is 0 Å². The van der Waals surface area contributed by atoms with Crippen LogP contribution in [0.5, 0.6) is 0 Å². The number of halogens is 1. The van der Waals surface area contributed by atoms with E-state index in [1.807, 2.05) is 6.92 Å². The Morgan fingerprint density at radius 3 is 2.20 bits per heavy atom. The fourth-order valence-electron chi connectivity index (χ4n) is 0.672. The number of allylic oxidation sites excluding steroid dienone is 1. The van der Waals surface area contributed by atoms with Crippen LogP contribution >= 0.6 is 11.6 Å². The largest absolute Gasteiger partial charge is 0.392 e. The van der Waals surface area contributed by atoms with E-state index in [1.54, 1.807) is 6.92 Å². The maximum absolute atomic E-state index is 9.01. The van der Waals surface area contributed by atoms with Gasteiger partial charge in [-0.25, -0.2) is 0 Å². The summed E-state index contributed by atoms with van der Waals surface area (Å²) in [5, 5.41) is 18.3. The van der Waals surface area contributed by atoms with E-state index in [-0.39, 0.29) is 6.61 Å². The van der Waals surface area contributed by atoms with Crippen LogP contribution in [-0.4, -0.2) is 22.9 Å². The second-order valence-corrected chi connectivity index (χ2v) is 2.57. The molecule has 0 aliphatic carbocycles. The predicted molar refractivity (Wildman–Crippen MR) is 41.9 cm³/mol. The van der Waals surface area contributed by atoms with Gasteiger partial charge >= 0.3 is 0 Å². The Balaban J connectivity index is 4.29. The van der Waals surface area contributed by atoms with Crippen LogP contribution in [0.4, 0.5) is 0 Å². The molecule has 0 saturated heterocycles. The molecule has 0 heterocycles. The summed E-state index contributed by atoms with van der Waals surface area (Å²) in [7, 11) is 0. The van der Waals surface area contributed by atoms with Gasteiger partial charge in [0.05, 0.1) is 12.7 Å². The molecule has 1 atom stereocenters. The predicted octanol–water partition coefficient (Wildman–Crippen LogP) is 1.26. The van der Waals surface area contributed by atoms with Gasteiger partial charge in [-0.1, -0.05) is 18.5 Å². The van der Waals surface area contributed by atoms with Crippen molar-refractivity contribution in [3.05, 3.63) is 10.6 Å². The lowest BCUT2D eigenvalue weighted by Crippen LogP contribution is -2.09. The monoisotopic (exact) mass is 164 g/mol. The van der Waals surface area contributed by atoms with Crippen LogP contribution in [0, 0.1) is 0 Å². The minimum absolute atomic E-state index is 0.162. The number of aliphatic hydroxyl groups excluding tert-OH is 2. The maximum Gasteiger partial charge on any atom is 0.0758 e. The van der Waals surface area contributed by atoms with Gasteiger partial charge in [-0.3, -0.25) is 0 Å². The maximum atomic E-state index is 9.01. The Labute approximate surface area is 66.1 Å². The van der Waals surface area contributed by atoms with Crippen molar-refractivity contribution in [1.82, 2.24) is 0 Å². The number of hydrogen-bond acceptors (Lipinski definition) is 2. The van der Waals surface area contributed by atoms with Crippen molar-refractivity contribution in [3.63, 3.8) is 0 Å². The first kappa shape index (κ1) is 9.95. The van der Waals surface area contributed by atoms with E-state index in [0.717, 1.165) is 0 Å². The van der Waals surface area contributed by atoms with Crippen LogP contribution in [0.25, 0.3) is 0 Å². The van der Waals surface area contributed by atoms with Gasteiger partial charge in [0.1, 0.15) is 0 Å². The molecule has 0 rings (SSSR count). The van der Waals surface area contributed by atoms with Crippen LogP contribution in [0.3, 0.4) is 0 Å². The van der Waals surface area contributed by atoms with Gasteiger partial charge in [0.15, 0.2) is 0 Å². The molecule has 0 aromatic carbocycles. The van der Waals surface area contributed by atoms with Gasteiger partial charge in [0, 0.05) is 5.03 Å². The van der Waals surface area contributed by atoms with Crippen molar-refractivity contribution >= 4 is 11.6 Å². The van der Waals surface area contributed by atoms with Gasteiger partial charge < -0.3 is 10.2 Å². The molecule has 0 saturated carbocycles. The minimum atomic E-state index is -0.641. The smallest absolute Gasteiger partial charge is 0.0758 e. The fourth-order valence-corrected chi connectivity index (χ4v) is 0.889. The summed E-state index contributed by atoms with van der Waals surface area (Å²) in [6.07, 6.45) is 0.0139.